The largest absolute Gasteiger partial charge is 0.467 e. The van der Waals surface area contributed by atoms with E-state index in [2.05, 4.69) is 15.0 Å². The molecule has 1 unspecified atom stereocenters. The molecular weight excluding hydrogens is 222 g/mol. The van der Waals surface area contributed by atoms with Gasteiger partial charge in [0.05, 0.1) is 19.3 Å². The van der Waals surface area contributed by atoms with Crippen LogP contribution >= 0.6 is 0 Å². The predicted octanol–water partition coefficient (Wildman–Crippen LogP) is 0.207. The van der Waals surface area contributed by atoms with E-state index in [9.17, 15) is 4.79 Å². The molecule has 0 spiro atoms. The molecule has 17 heavy (non-hydrogen) atoms. The average Bonchev–Trinajstić information content (AvgIpc) is 2.35. The number of carbonyl (C=O) groups excluding carboxylic acids is 1. The Balaban J connectivity index is 2.97. The van der Waals surface area contributed by atoms with E-state index >= 15 is 0 Å². The summed E-state index contributed by atoms with van der Waals surface area (Å²) in [6.07, 6.45) is 0. The SMILES string of the molecule is COC(=O)C(CO)Nc1nc(C)ccc1C#N. The molecule has 1 aromatic rings. The molecule has 2 N–H and O–H groups in total. The number of nitrogens with one attached hydrogen (secondary N) is 1. The fourth-order valence-electron chi connectivity index (χ4n) is 1.24. The summed E-state index contributed by atoms with van der Waals surface area (Å²) < 4.78 is 4.51. The summed E-state index contributed by atoms with van der Waals surface area (Å²) >= 11 is 0. The van der Waals surface area contributed by atoms with Gasteiger partial charge in [0.25, 0.3) is 0 Å². The van der Waals surface area contributed by atoms with Crippen molar-refractivity contribution in [3.63, 3.8) is 0 Å². The number of aryl methyl sites for hydroxylation is 1. The third-order valence-electron chi connectivity index (χ3n) is 2.13. The zero-order valence-corrected chi connectivity index (χ0v) is 9.60. The lowest BCUT2D eigenvalue weighted by Gasteiger charge is -2.15. The number of nitrogens with zero attached hydrogens (tertiary/aromatic N) is 2. The van der Waals surface area contributed by atoms with Crippen molar-refractivity contribution in [2.75, 3.05) is 19.0 Å². The Morgan fingerprint density at radius 2 is 2.41 bits per heavy atom. The number of pyridine rings is 1. The zero-order valence-electron chi connectivity index (χ0n) is 9.60. The second-order valence-corrected chi connectivity index (χ2v) is 3.36. The monoisotopic (exact) mass is 235 g/mol. The van der Waals surface area contributed by atoms with E-state index in [1.54, 1.807) is 19.1 Å². The van der Waals surface area contributed by atoms with Crippen molar-refractivity contribution in [3.05, 3.63) is 23.4 Å². The van der Waals surface area contributed by atoms with Crippen LogP contribution in [0.5, 0.6) is 0 Å². The van der Waals surface area contributed by atoms with Crippen LogP contribution in [0.25, 0.3) is 0 Å². The third kappa shape index (κ3) is 3.16. The number of aliphatic hydroxyl groups is 1. The van der Waals surface area contributed by atoms with Gasteiger partial charge >= 0.3 is 5.97 Å². The van der Waals surface area contributed by atoms with Crippen molar-refractivity contribution < 1.29 is 14.6 Å². The van der Waals surface area contributed by atoms with Crippen molar-refractivity contribution >= 4 is 11.8 Å². The van der Waals surface area contributed by atoms with Gasteiger partial charge in [0.15, 0.2) is 0 Å². The average molecular weight is 235 g/mol. The highest BCUT2D eigenvalue weighted by molar-refractivity contribution is 5.79. The number of aliphatic hydroxyl groups excluding tert-OH is 1. The molecular formula is C11H13N3O3. The Morgan fingerprint density at radius 1 is 1.71 bits per heavy atom. The molecule has 6 heteroatoms. The van der Waals surface area contributed by atoms with Gasteiger partial charge in [-0.3, -0.25) is 0 Å². The third-order valence-corrected chi connectivity index (χ3v) is 2.13. The minimum atomic E-state index is -0.929. The number of esters is 1. The van der Waals surface area contributed by atoms with Crippen LogP contribution in [-0.4, -0.2) is 35.8 Å². The van der Waals surface area contributed by atoms with Crippen LogP contribution < -0.4 is 5.32 Å². The zero-order chi connectivity index (χ0) is 12.8. The molecule has 0 fully saturated rings. The first-order valence-electron chi connectivity index (χ1n) is 4.95. The standard InChI is InChI=1S/C11H13N3O3/c1-7-3-4-8(5-12)10(13-7)14-9(6-15)11(16)17-2/h3-4,9,15H,6H2,1-2H3,(H,13,14). The number of anilines is 1. The van der Waals surface area contributed by atoms with E-state index in [-0.39, 0.29) is 5.82 Å². The summed E-state index contributed by atoms with van der Waals surface area (Å²) in [4.78, 5) is 15.4. The molecule has 1 heterocycles. The van der Waals surface area contributed by atoms with Crippen LogP contribution in [0.4, 0.5) is 5.82 Å². The molecule has 90 valence electrons. The maximum absolute atomic E-state index is 11.3. The maximum Gasteiger partial charge on any atom is 0.330 e. The Morgan fingerprint density at radius 3 is 2.94 bits per heavy atom. The molecule has 0 aliphatic carbocycles. The van der Waals surface area contributed by atoms with Gasteiger partial charge in [0, 0.05) is 5.69 Å². The number of rotatable bonds is 4. The molecule has 1 aromatic heterocycles. The second kappa shape index (κ2) is 5.82. The molecule has 0 aliphatic heterocycles. The van der Waals surface area contributed by atoms with Gasteiger partial charge in [-0.15, -0.1) is 0 Å². The Kier molecular flexibility index (Phi) is 4.43. The predicted molar refractivity (Wildman–Crippen MR) is 60.2 cm³/mol. The number of nitriles is 1. The Bertz CT molecular complexity index is 454. The van der Waals surface area contributed by atoms with Crippen LogP contribution in [0.15, 0.2) is 12.1 Å². The van der Waals surface area contributed by atoms with E-state index in [0.29, 0.717) is 11.3 Å². The van der Waals surface area contributed by atoms with Gasteiger partial charge in [-0.1, -0.05) is 0 Å². The lowest BCUT2D eigenvalue weighted by Crippen LogP contribution is -2.34. The van der Waals surface area contributed by atoms with E-state index in [0.717, 1.165) is 0 Å². The highest BCUT2D eigenvalue weighted by atomic mass is 16.5. The van der Waals surface area contributed by atoms with Crippen molar-refractivity contribution in [1.82, 2.24) is 4.98 Å². The summed E-state index contributed by atoms with van der Waals surface area (Å²) in [6.45, 7) is 1.32. The molecule has 0 bridgehead atoms. The normalized spacial score (nSPS) is 11.4. The lowest BCUT2D eigenvalue weighted by atomic mass is 10.2. The number of methoxy groups -OCH3 is 1. The maximum atomic E-state index is 11.3. The molecule has 0 aliphatic rings. The number of aromatic nitrogens is 1. The van der Waals surface area contributed by atoms with Gasteiger partial charge in [-0.05, 0) is 19.1 Å². The van der Waals surface area contributed by atoms with Crippen molar-refractivity contribution in [2.45, 2.75) is 13.0 Å². The van der Waals surface area contributed by atoms with Gasteiger partial charge in [-0.2, -0.15) is 5.26 Å². The van der Waals surface area contributed by atoms with Gasteiger partial charge in [0.2, 0.25) is 0 Å². The highest BCUT2D eigenvalue weighted by Crippen LogP contribution is 2.13. The second-order valence-electron chi connectivity index (χ2n) is 3.36. The smallest absolute Gasteiger partial charge is 0.330 e. The van der Waals surface area contributed by atoms with Gasteiger partial charge < -0.3 is 15.2 Å². The Labute approximate surface area is 98.9 Å². The van der Waals surface area contributed by atoms with Crippen LogP contribution in [0.1, 0.15) is 11.3 Å². The molecule has 0 saturated heterocycles. The number of hydrogen-bond acceptors (Lipinski definition) is 6. The van der Waals surface area contributed by atoms with Gasteiger partial charge in [-0.25, -0.2) is 9.78 Å². The minimum Gasteiger partial charge on any atom is -0.467 e. The van der Waals surface area contributed by atoms with E-state index in [1.165, 1.54) is 7.11 Å². The summed E-state index contributed by atoms with van der Waals surface area (Å²) in [5.41, 5.74) is 1.01. The fraction of sp³-hybridized carbons (Fsp3) is 0.364. The molecule has 0 saturated carbocycles. The number of hydrogen-bond donors (Lipinski definition) is 2. The quantitative estimate of drug-likeness (QED) is 0.724. The molecule has 0 aromatic carbocycles. The summed E-state index contributed by atoms with van der Waals surface area (Å²) in [5, 5.41) is 20.6. The summed E-state index contributed by atoms with van der Waals surface area (Å²) in [5.74, 6) is -0.350. The van der Waals surface area contributed by atoms with Crippen molar-refractivity contribution in [2.24, 2.45) is 0 Å². The highest BCUT2D eigenvalue weighted by Gasteiger charge is 2.19. The molecule has 6 nitrogen and oxygen atoms in total. The molecule has 0 amide bonds. The molecule has 0 radical (unpaired) electrons. The topological polar surface area (TPSA) is 95.2 Å². The summed E-state index contributed by atoms with van der Waals surface area (Å²) in [6, 6.07) is 4.31. The van der Waals surface area contributed by atoms with Crippen LogP contribution in [0, 0.1) is 18.3 Å². The molecule has 1 atom stereocenters. The van der Waals surface area contributed by atoms with Gasteiger partial charge in [0.1, 0.15) is 17.9 Å². The van der Waals surface area contributed by atoms with E-state index < -0.39 is 18.6 Å². The first-order chi connectivity index (χ1) is 8.12. The minimum absolute atomic E-state index is 0.261. The van der Waals surface area contributed by atoms with Crippen molar-refractivity contribution in [3.8, 4) is 6.07 Å². The van der Waals surface area contributed by atoms with E-state index in [4.69, 9.17) is 10.4 Å². The first kappa shape index (κ1) is 12.9. The van der Waals surface area contributed by atoms with E-state index in [1.807, 2.05) is 6.07 Å². The fourth-order valence-corrected chi connectivity index (χ4v) is 1.24. The Hall–Kier alpha value is -2.13. The summed E-state index contributed by atoms with van der Waals surface area (Å²) in [7, 11) is 1.22. The van der Waals surface area contributed by atoms with Crippen LogP contribution in [-0.2, 0) is 9.53 Å². The number of carbonyl (C=O) groups is 1. The van der Waals surface area contributed by atoms with Crippen molar-refractivity contribution in [1.29, 1.82) is 5.26 Å². The lowest BCUT2D eigenvalue weighted by molar-refractivity contribution is -0.142. The number of ether oxygens (including phenoxy) is 1. The first-order valence-corrected chi connectivity index (χ1v) is 4.95. The van der Waals surface area contributed by atoms with Crippen LogP contribution in [0.2, 0.25) is 0 Å². The molecule has 1 rings (SSSR count). The van der Waals surface area contributed by atoms with Crippen LogP contribution in [0.3, 0.4) is 0 Å².